The molecule has 2 N–H and O–H groups in total. The average Bonchev–Trinajstić information content (AvgIpc) is 2.39. The first kappa shape index (κ1) is 13.3. The van der Waals surface area contributed by atoms with Crippen molar-refractivity contribution in [2.24, 2.45) is 0 Å². The molecule has 5 heteroatoms. The lowest BCUT2D eigenvalue weighted by molar-refractivity contribution is -0.115. The third-order valence-corrected chi connectivity index (χ3v) is 3.54. The standard InChI is InChI=1S/C14H13NO3S/c1-10(16)15(11-2-4-12(17)5-3-11)19-14-8-6-13(18)7-9-14/h2-9,17-18H,1H3. The van der Waals surface area contributed by atoms with E-state index in [1.165, 1.54) is 35.3 Å². The molecule has 0 bridgehead atoms. The van der Waals surface area contributed by atoms with E-state index in [1.54, 1.807) is 36.4 Å². The highest BCUT2D eigenvalue weighted by Crippen LogP contribution is 2.30. The minimum atomic E-state index is -0.122. The summed E-state index contributed by atoms with van der Waals surface area (Å²) >= 11 is 1.26. The predicted molar refractivity (Wildman–Crippen MR) is 75.2 cm³/mol. The number of aromatic hydroxyl groups is 2. The molecule has 2 aromatic carbocycles. The molecule has 0 unspecified atom stereocenters. The average molecular weight is 275 g/mol. The number of hydrogen-bond donors (Lipinski definition) is 2. The summed E-state index contributed by atoms with van der Waals surface area (Å²) in [6.45, 7) is 1.47. The zero-order chi connectivity index (χ0) is 13.8. The summed E-state index contributed by atoms with van der Waals surface area (Å²) in [7, 11) is 0. The number of phenols is 2. The predicted octanol–water partition coefficient (Wildman–Crippen LogP) is 3.16. The number of amides is 1. The van der Waals surface area contributed by atoms with Crippen molar-refractivity contribution in [1.29, 1.82) is 0 Å². The number of nitrogens with zero attached hydrogens (tertiary/aromatic N) is 1. The molecule has 0 aliphatic heterocycles. The summed E-state index contributed by atoms with van der Waals surface area (Å²) in [6.07, 6.45) is 0. The topological polar surface area (TPSA) is 60.8 Å². The Hall–Kier alpha value is -2.14. The van der Waals surface area contributed by atoms with Crippen molar-refractivity contribution in [1.82, 2.24) is 0 Å². The molecule has 0 saturated heterocycles. The fraction of sp³-hybridized carbons (Fsp3) is 0.0714. The van der Waals surface area contributed by atoms with Gasteiger partial charge >= 0.3 is 0 Å². The van der Waals surface area contributed by atoms with Gasteiger partial charge in [0.2, 0.25) is 5.91 Å². The lowest BCUT2D eigenvalue weighted by Gasteiger charge is -2.19. The minimum absolute atomic E-state index is 0.122. The lowest BCUT2D eigenvalue weighted by Crippen LogP contribution is -2.19. The van der Waals surface area contributed by atoms with E-state index in [9.17, 15) is 15.0 Å². The minimum Gasteiger partial charge on any atom is -0.508 e. The molecule has 0 aromatic heterocycles. The second kappa shape index (κ2) is 5.67. The van der Waals surface area contributed by atoms with Crippen LogP contribution < -0.4 is 4.31 Å². The summed E-state index contributed by atoms with van der Waals surface area (Å²) in [4.78, 5) is 12.5. The Balaban J connectivity index is 2.23. The van der Waals surface area contributed by atoms with Gasteiger partial charge < -0.3 is 10.2 Å². The first-order chi connectivity index (χ1) is 9.06. The molecule has 2 rings (SSSR count). The maximum absolute atomic E-state index is 11.7. The van der Waals surface area contributed by atoms with E-state index < -0.39 is 0 Å². The molecule has 0 fully saturated rings. The summed E-state index contributed by atoms with van der Waals surface area (Å²) in [6, 6.07) is 13.0. The van der Waals surface area contributed by atoms with Gasteiger partial charge in [0.1, 0.15) is 11.5 Å². The molecule has 0 aliphatic carbocycles. The van der Waals surface area contributed by atoms with Crippen molar-refractivity contribution in [2.45, 2.75) is 11.8 Å². The maximum atomic E-state index is 11.7. The number of rotatable bonds is 3. The summed E-state index contributed by atoms with van der Waals surface area (Å²) in [5, 5.41) is 18.5. The van der Waals surface area contributed by atoms with Crippen LogP contribution in [0.5, 0.6) is 11.5 Å². The van der Waals surface area contributed by atoms with Gasteiger partial charge in [0.05, 0.1) is 5.69 Å². The molecule has 2 aromatic rings. The van der Waals surface area contributed by atoms with Crippen LogP contribution in [0.1, 0.15) is 6.92 Å². The van der Waals surface area contributed by atoms with E-state index in [-0.39, 0.29) is 17.4 Å². The van der Waals surface area contributed by atoms with E-state index in [0.29, 0.717) is 5.69 Å². The van der Waals surface area contributed by atoms with E-state index in [2.05, 4.69) is 0 Å². The van der Waals surface area contributed by atoms with Gasteiger partial charge in [-0.3, -0.25) is 4.79 Å². The van der Waals surface area contributed by atoms with Crippen molar-refractivity contribution in [3.8, 4) is 11.5 Å². The number of anilines is 1. The van der Waals surface area contributed by atoms with Gasteiger partial charge in [-0.25, -0.2) is 4.31 Å². The van der Waals surface area contributed by atoms with Crippen LogP contribution in [-0.4, -0.2) is 16.1 Å². The first-order valence-electron chi connectivity index (χ1n) is 5.63. The Kier molecular flexibility index (Phi) is 3.97. The van der Waals surface area contributed by atoms with Gasteiger partial charge in [0.15, 0.2) is 0 Å². The van der Waals surface area contributed by atoms with E-state index in [1.807, 2.05) is 0 Å². The Bertz CT molecular complexity index is 566. The van der Waals surface area contributed by atoms with E-state index >= 15 is 0 Å². The second-order valence-electron chi connectivity index (χ2n) is 3.91. The molecule has 1 amide bonds. The largest absolute Gasteiger partial charge is 0.508 e. The van der Waals surface area contributed by atoms with Gasteiger partial charge in [0, 0.05) is 11.8 Å². The Morgan fingerprint density at radius 2 is 1.42 bits per heavy atom. The summed E-state index contributed by atoms with van der Waals surface area (Å²) in [5.74, 6) is 0.217. The maximum Gasteiger partial charge on any atom is 0.234 e. The van der Waals surface area contributed by atoms with Crippen molar-refractivity contribution in [2.75, 3.05) is 4.31 Å². The van der Waals surface area contributed by atoms with Gasteiger partial charge in [-0.15, -0.1) is 0 Å². The fourth-order valence-electron chi connectivity index (χ4n) is 1.50. The van der Waals surface area contributed by atoms with Crippen LogP contribution in [0, 0.1) is 0 Å². The van der Waals surface area contributed by atoms with E-state index in [4.69, 9.17) is 0 Å². The molecule has 98 valence electrons. The highest BCUT2D eigenvalue weighted by Gasteiger charge is 2.13. The molecule has 4 nitrogen and oxygen atoms in total. The van der Waals surface area contributed by atoms with Crippen LogP contribution in [-0.2, 0) is 4.79 Å². The third-order valence-electron chi connectivity index (χ3n) is 2.40. The molecular weight excluding hydrogens is 262 g/mol. The number of carbonyl (C=O) groups excluding carboxylic acids is 1. The highest BCUT2D eigenvalue weighted by molar-refractivity contribution is 8.01. The molecule has 19 heavy (non-hydrogen) atoms. The monoisotopic (exact) mass is 275 g/mol. The fourth-order valence-corrected chi connectivity index (χ4v) is 2.32. The van der Waals surface area contributed by atoms with Crippen molar-refractivity contribution >= 4 is 23.5 Å². The molecule has 0 radical (unpaired) electrons. The van der Waals surface area contributed by atoms with Crippen LogP contribution in [0.15, 0.2) is 53.4 Å². The zero-order valence-electron chi connectivity index (χ0n) is 10.3. The van der Waals surface area contributed by atoms with E-state index in [0.717, 1.165) is 4.90 Å². The molecule has 0 saturated carbocycles. The second-order valence-corrected chi connectivity index (χ2v) is 4.93. The highest BCUT2D eigenvalue weighted by atomic mass is 32.2. The Morgan fingerprint density at radius 3 is 1.89 bits per heavy atom. The van der Waals surface area contributed by atoms with Crippen LogP contribution >= 0.6 is 11.9 Å². The zero-order valence-corrected chi connectivity index (χ0v) is 11.1. The lowest BCUT2D eigenvalue weighted by atomic mass is 10.3. The van der Waals surface area contributed by atoms with Gasteiger partial charge in [-0.2, -0.15) is 0 Å². The van der Waals surface area contributed by atoms with Crippen molar-refractivity contribution in [3.05, 3.63) is 48.5 Å². The summed E-state index contributed by atoms with van der Waals surface area (Å²) < 4.78 is 1.52. The molecular formula is C14H13NO3S. The number of hydrogen-bond acceptors (Lipinski definition) is 4. The van der Waals surface area contributed by atoms with Crippen LogP contribution in [0.4, 0.5) is 5.69 Å². The Labute approximate surface area is 115 Å². The molecule has 0 aliphatic rings. The summed E-state index contributed by atoms with van der Waals surface area (Å²) in [5.41, 5.74) is 0.684. The van der Waals surface area contributed by atoms with Crippen molar-refractivity contribution < 1.29 is 15.0 Å². The number of benzene rings is 2. The number of carbonyl (C=O) groups is 1. The first-order valence-corrected chi connectivity index (χ1v) is 6.40. The Morgan fingerprint density at radius 1 is 0.947 bits per heavy atom. The van der Waals surface area contributed by atoms with Gasteiger partial charge in [0.25, 0.3) is 0 Å². The van der Waals surface area contributed by atoms with Crippen LogP contribution in [0.2, 0.25) is 0 Å². The quantitative estimate of drug-likeness (QED) is 0.845. The van der Waals surface area contributed by atoms with Crippen molar-refractivity contribution in [3.63, 3.8) is 0 Å². The third kappa shape index (κ3) is 3.42. The van der Waals surface area contributed by atoms with Crippen LogP contribution in [0.3, 0.4) is 0 Å². The molecule has 0 spiro atoms. The van der Waals surface area contributed by atoms with Crippen LogP contribution in [0.25, 0.3) is 0 Å². The van der Waals surface area contributed by atoms with Gasteiger partial charge in [-0.1, -0.05) is 0 Å². The molecule has 0 atom stereocenters. The van der Waals surface area contributed by atoms with Gasteiger partial charge in [-0.05, 0) is 60.5 Å². The normalized spacial score (nSPS) is 10.2. The number of phenolic OH excluding ortho intramolecular Hbond substituents is 2. The SMILES string of the molecule is CC(=O)N(Sc1ccc(O)cc1)c1ccc(O)cc1. The molecule has 0 heterocycles. The smallest absolute Gasteiger partial charge is 0.234 e.